The van der Waals surface area contributed by atoms with E-state index < -0.39 is 19.1 Å². The largest absolute Gasteiger partial charge is 0.455 e. The molecule has 0 saturated carbocycles. The molecule has 2 fully saturated rings. The number of amides is 2. The first-order valence-corrected chi connectivity index (χ1v) is 28.9. The molecule has 6 aromatic rings. The second-order valence-electron chi connectivity index (χ2n) is 16.7. The standard InChI is InChI=1S/C24H24Cl2N6O4S.C22H20Cl2N6O2.C2H5ClO2S/c1-2-37(34,35)31-12-10-30(11-13-31)17-8-6-16(7-9-17)28-24-27-14-18-22(29-24)36-15-32(23(18)33)21-19(25)4-3-5-20(21)26;23-17-2-1-3-18(24)19(17)30-13-32-20-16(21(30)31)12-26-22(28-20)27-14-4-6-15(7-5-14)29-10-8-25-9-11-29;1-2-6(3,4)5/h3-9,14H,2,10-13,15H2,1H3,(H,27,28,29);1-7,12,25H,8-11,13H2,(H,26,27,28);2H2,1H3. The first-order valence-electron chi connectivity index (χ1n) is 23.3. The molecule has 3 N–H and O–H groups in total. The van der Waals surface area contributed by atoms with Gasteiger partial charge in [0.15, 0.2) is 13.5 Å². The highest BCUT2D eigenvalue weighted by atomic mass is 35.7. The smallest absolute Gasteiger partial charge is 0.268 e. The number of anilines is 8. The molecule has 2 saturated heterocycles. The minimum Gasteiger partial charge on any atom is -0.455 e. The number of benzene rings is 4. The van der Waals surface area contributed by atoms with E-state index in [0.29, 0.717) is 63.6 Å². The quantitative estimate of drug-likeness (QED) is 0.103. The van der Waals surface area contributed by atoms with Crippen molar-refractivity contribution in [3.05, 3.63) is 129 Å². The normalized spacial score (nSPS) is 15.8. The summed E-state index contributed by atoms with van der Waals surface area (Å²) in [6, 6.07) is 25.8. The fraction of sp³-hybridized carbons (Fsp3) is 0.292. The average Bonchev–Trinajstić information content (AvgIpc) is 3.41. The van der Waals surface area contributed by atoms with Crippen LogP contribution in [-0.4, -0.2) is 130 Å². The van der Waals surface area contributed by atoms with E-state index in [1.807, 2.05) is 36.4 Å². The van der Waals surface area contributed by atoms with E-state index in [1.54, 1.807) is 47.6 Å². The topological polar surface area (TPSA) is 225 Å². The molecule has 10 rings (SSSR count). The second-order valence-corrected chi connectivity index (χ2v) is 23.6. The third-order valence-corrected chi connectivity index (χ3v) is 16.4. The maximum Gasteiger partial charge on any atom is 0.268 e. The van der Waals surface area contributed by atoms with Gasteiger partial charge in [-0.3, -0.25) is 19.4 Å². The van der Waals surface area contributed by atoms with Crippen molar-refractivity contribution in [1.82, 2.24) is 29.6 Å². The van der Waals surface area contributed by atoms with Gasteiger partial charge in [0.05, 0.1) is 43.0 Å². The number of carbonyl (C=O) groups excluding carboxylic acids is 2. The Balaban J connectivity index is 0.000000181. The molecule has 0 spiro atoms. The molecule has 0 bridgehead atoms. The Labute approximate surface area is 458 Å². The minimum atomic E-state index is -3.19. The average molecular weight is 1160 g/mol. The third-order valence-electron chi connectivity index (χ3n) is 12.0. The van der Waals surface area contributed by atoms with E-state index in [1.165, 1.54) is 34.8 Å². The summed E-state index contributed by atoms with van der Waals surface area (Å²) in [5.74, 6) is 0.437. The van der Waals surface area contributed by atoms with Gasteiger partial charge in [0.1, 0.15) is 11.1 Å². The summed E-state index contributed by atoms with van der Waals surface area (Å²) in [6.45, 7) is 9.16. The monoisotopic (exact) mass is 1160 g/mol. The Morgan fingerprint density at radius 1 is 0.573 bits per heavy atom. The highest BCUT2D eigenvalue weighted by Crippen LogP contribution is 2.39. The van der Waals surface area contributed by atoms with Crippen molar-refractivity contribution in [2.24, 2.45) is 0 Å². The van der Waals surface area contributed by atoms with Gasteiger partial charge in [-0.15, -0.1) is 0 Å². The van der Waals surface area contributed by atoms with Crippen LogP contribution in [0.1, 0.15) is 34.6 Å². The molecule has 396 valence electrons. The van der Waals surface area contributed by atoms with Crippen molar-refractivity contribution in [3.63, 3.8) is 0 Å². The fourth-order valence-electron chi connectivity index (χ4n) is 7.95. The van der Waals surface area contributed by atoms with Crippen LogP contribution in [0.3, 0.4) is 0 Å². The molecule has 0 radical (unpaired) electrons. The van der Waals surface area contributed by atoms with Crippen LogP contribution < -0.4 is 45.0 Å². The molecule has 20 nitrogen and oxygen atoms in total. The lowest BCUT2D eigenvalue weighted by Crippen LogP contribution is -2.49. The number of nitrogens with zero attached hydrogens (tertiary/aromatic N) is 9. The molecule has 4 aromatic carbocycles. The number of piperazine rings is 2. The number of rotatable bonds is 11. The van der Waals surface area contributed by atoms with Crippen LogP contribution in [-0.2, 0) is 19.1 Å². The van der Waals surface area contributed by atoms with Gasteiger partial charge in [0, 0.05) is 98.2 Å². The molecule has 0 atom stereocenters. The highest BCUT2D eigenvalue weighted by Gasteiger charge is 2.33. The number of halogens is 5. The van der Waals surface area contributed by atoms with Crippen LogP contribution in [0.4, 0.5) is 46.0 Å². The number of aromatic nitrogens is 4. The number of ether oxygens (including phenoxy) is 2. The molecule has 4 aliphatic heterocycles. The van der Waals surface area contributed by atoms with Crippen molar-refractivity contribution in [1.29, 1.82) is 0 Å². The molecular formula is C48H49Cl5N12O8S2. The molecule has 4 aliphatic rings. The number of fused-ring (bicyclic) bond motifs is 2. The van der Waals surface area contributed by atoms with Crippen molar-refractivity contribution >= 4 is 134 Å². The first-order chi connectivity index (χ1) is 35.9. The number of carbonyl (C=O) groups is 2. The van der Waals surface area contributed by atoms with Gasteiger partial charge in [-0.1, -0.05) is 65.5 Å². The van der Waals surface area contributed by atoms with E-state index in [0.717, 1.165) is 43.2 Å². The Morgan fingerprint density at radius 2 is 0.960 bits per heavy atom. The zero-order valence-electron chi connectivity index (χ0n) is 40.2. The molecule has 2 amide bonds. The number of hydrogen-bond donors (Lipinski definition) is 3. The summed E-state index contributed by atoms with van der Waals surface area (Å²) in [6.07, 6.45) is 2.85. The van der Waals surface area contributed by atoms with E-state index >= 15 is 0 Å². The predicted molar refractivity (Wildman–Crippen MR) is 295 cm³/mol. The lowest BCUT2D eigenvalue weighted by Gasteiger charge is -2.35. The van der Waals surface area contributed by atoms with Gasteiger partial charge in [0.2, 0.25) is 42.7 Å². The minimum absolute atomic E-state index is 0.00849. The van der Waals surface area contributed by atoms with Gasteiger partial charge in [-0.2, -0.15) is 14.3 Å². The van der Waals surface area contributed by atoms with Crippen LogP contribution in [0, 0.1) is 0 Å². The van der Waals surface area contributed by atoms with Gasteiger partial charge in [0.25, 0.3) is 11.8 Å². The van der Waals surface area contributed by atoms with Crippen LogP contribution in [0.25, 0.3) is 0 Å². The lowest BCUT2D eigenvalue weighted by atomic mass is 10.2. The van der Waals surface area contributed by atoms with Gasteiger partial charge in [-0.25, -0.2) is 26.8 Å². The second kappa shape index (κ2) is 24.4. The Kier molecular flexibility index (Phi) is 18.0. The zero-order chi connectivity index (χ0) is 53.4. The van der Waals surface area contributed by atoms with E-state index in [2.05, 4.69) is 68.5 Å². The molecule has 75 heavy (non-hydrogen) atoms. The number of para-hydroxylation sites is 2. The molecule has 6 heterocycles. The number of hydrogen-bond acceptors (Lipinski definition) is 17. The van der Waals surface area contributed by atoms with Crippen LogP contribution in [0.5, 0.6) is 11.8 Å². The zero-order valence-corrected chi connectivity index (χ0v) is 45.6. The van der Waals surface area contributed by atoms with Crippen molar-refractivity contribution in [2.45, 2.75) is 13.8 Å². The summed E-state index contributed by atoms with van der Waals surface area (Å²) in [4.78, 5) is 50.5. The van der Waals surface area contributed by atoms with E-state index in [4.69, 9.17) is 55.9 Å². The summed E-state index contributed by atoms with van der Waals surface area (Å²) >= 11 is 25.0. The third kappa shape index (κ3) is 13.5. The molecule has 0 unspecified atom stereocenters. The summed E-state index contributed by atoms with van der Waals surface area (Å²) < 4.78 is 56.7. The fourth-order valence-corrected chi connectivity index (χ4v) is 10.2. The van der Waals surface area contributed by atoms with Crippen LogP contribution >= 0.6 is 57.1 Å². The van der Waals surface area contributed by atoms with Crippen LogP contribution in [0.15, 0.2) is 97.3 Å². The maximum absolute atomic E-state index is 13.1. The maximum atomic E-state index is 13.1. The Hall–Kier alpha value is -5.95. The van der Waals surface area contributed by atoms with Crippen LogP contribution in [0.2, 0.25) is 20.1 Å². The first kappa shape index (κ1) is 55.3. The SMILES string of the molecule is CCS(=O)(=O)Cl.CCS(=O)(=O)N1CCN(c2ccc(Nc3ncc4c(n3)OCN(c3c(Cl)cccc3Cl)C4=O)cc2)CC1.O=C1c2cnc(Nc3ccc(N4CCNCC4)cc3)nc2OCN1c1c(Cl)cccc1Cl. The summed E-state index contributed by atoms with van der Waals surface area (Å²) in [5.41, 5.74) is 4.99. The summed E-state index contributed by atoms with van der Waals surface area (Å²) in [7, 11) is -1.66. The van der Waals surface area contributed by atoms with Crippen molar-refractivity contribution < 1.29 is 35.9 Å². The lowest BCUT2D eigenvalue weighted by molar-refractivity contribution is 0.0924. The highest BCUT2D eigenvalue weighted by molar-refractivity contribution is 8.13. The summed E-state index contributed by atoms with van der Waals surface area (Å²) in [5, 5.41) is 11.0. The van der Waals surface area contributed by atoms with E-state index in [-0.39, 0.29) is 65.6 Å². The van der Waals surface area contributed by atoms with Gasteiger partial charge >= 0.3 is 0 Å². The molecule has 27 heteroatoms. The number of nitrogens with one attached hydrogen (secondary N) is 3. The van der Waals surface area contributed by atoms with Crippen molar-refractivity contribution in [2.75, 3.05) is 108 Å². The van der Waals surface area contributed by atoms with Gasteiger partial charge in [-0.05, 0) is 79.7 Å². The molecular weight excluding hydrogens is 1110 g/mol. The Morgan fingerprint density at radius 3 is 1.33 bits per heavy atom. The van der Waals surface area contributed by atoms with Crippen molar-refractivity contribution in [3.8, 4) is 11.8 Å². The van der Waals surface area contributed by atoms with E-state index in [9.17, 15) is 26.4 Å². The molecule has 0 aliphatic carbocycles. The van der Waals surface area contributed by atoms with Gasteiger partial charge < -0.3 is 35.2 Å². The predicted octanol–water partition coefficient (Wildman–Crippen LogP) is 8.50. The number of sulfonamides is 1. The Bertz CT molecular complexity index is 3230. The molecule has 2 aromatic heterocycles.